The van der Waals surface area contributed by atoms with Gasteiger partial charge in [-0.15, -0.1) is 0 Å². The minimum atomic E-state index is -3.81. The van der Waals surface area contributed by atoms with Crippen molar-refractivity contribution in [1.29, 1.82) is 0 Å². The highest BCUT2D eigenvalue weighted by atomic mass is 79.9. The first-order valence-corrected chi connectivity index (χ1v) is 8.84. The summed E-state index contributed by atoms with van der Waals surface area (Å²) in [7, 11) is -3.81. The quantitative estimate of drug-likeness (QED) is 0.840. The van der Waals surface area contributed by atoms with Crippen LogP contribution in [0.25, 0.3) is 0 Å². The van der Waals surface area contributed by atoms with E-state index in [0.29, 0.717) is 6.54 Å². The number of benzene rings is 1. The lowest BCUT2D eigenvalue weighted by Crippen LogP contribution is -2.50. The average molecular weight is 386 g/mol. The SMILES string of the molecule is CC1CCNCC1NS(=O)(=O)c1c(Cl)cc(F)cc1Br. The summed E-state index contributed by atoms with van der Waals surface area (Å²) in [6.07, 6.45) is 0.894. The van der Waals surface area contributed by atoms with Gasteiger partial charge in [0, 0.05) is 17.1 Å². The molecule has 2 rings (SSSR count). The molecule has 1 fully saturated rings. The van der Waals surface area contributed by atoms with Crippen LogP contribution in [0.15, 0.2) is 21.5 Å². The van der Waals surface area contributed by atoms with Gasteiger partial charge in [0.05, 0.1) is 5.02 Å². The maximum Gasteiger partial charge on any atom is 0.243 e. The Kier molecular flexibility index (Phi) is 5.07. The van der Waals surface area contributed by atoms with Crippen molar-refractivity contribution in [3.63, 3.8) is 0 Å². The van der Waals surface area contributed by atoms with Gasteiger partial charge in [0.1, 0.15) is 10.7 Å². The van der Waals surface area contributed by atoms with Crippen LogP contribution in [0.4, 0.5) is 4.39 Å². The molecule has 1 aliphatic heterocycles. The minimum absolute atomic E-state index is 0.117. The van der Waals surface area contributed by atoms with E-state index in [9.17, 15) is 12.8 Å². The molecule has 0 spiro atoms. The van der Waals surface area contributed by atoms with E-state index in [1.807, 2.05) is 6.92 Å². The zero-order valence-corrected chi connectivity index (χ0v) is 13.9. The molecule has 0 aliphatic carbocycles. The smallest absolute Gasteiger partial charge is 0.243 e. The van der Waals surface area contributed by atoms with Crippen LogP contribution >= 0.6 is 27.5 Å². The monoisotopic (exact) mass is 384 g/mol. The Hall–Kier alpha value is -0.210. The van der Waals surface area contributed by atoms with Gasteiger partial charge in [0.15, 0.2) is 0 Å². The molecule has 0 radical (unpaired) electrons. The first kappa shape index (κ1) is 16.2. The van der Waals surface area contributed by atoms with E-state index >= 15 is 0 Å². The van der Waals surface area contributed by atoms with Gasteiger partial charge in [-0.1, -0.05) is 18.5 Å². The molecular formula is C12H15BrClFN2O2S. The van der Waals surface area contributed by atoms with Crippen molar-refractivity contribution in [1.82, 2.24) is 10.0 Å². The van der Waals surface area contributed by atoms with E-state index in [0.717, 1.165) is 25.1 Å². The van der Waals surface area contributed by atoms with Crippen molar-refractivity contribution in [2.45, 2.75) is 24.3 Å². The largest absolute Gasteiger partial charge is 0.315 e. The second-order valence-electron chi connectivity index (χ2n) is 4.90. The Bertz CT molecular complexity index is 588. The van der Waals surface area contributed by atoms with E-state index in [1.165, 1.54) is 0 Å². The van der Waals surface area contributed by atoms with E-state index < -0.39 is 15.8 Å². The third-order valence-corrected chi connectivity index (χ3v) is 6.25. The minimum Gasteiger partial charge on any atom is -0.315 e. The summed E-state index contributed by atoms with van der Waals surface area (Å²) in [5.41, 5.74) is 0. The fraction of sp³-hybridized carbons (Fsp3) is 0.500. The zero-order chi connectivity index (χ0) is 14.9. The van der Waals surface area contributed by atoms with Gasteiger partial charge in [-0.05, 0) is 46.9 Å². The highest BCUT2D eigenvalue weighted by Gasteiger charge is 2.29. The van der Waals surface area contributed by atoms with Crippen molar-refractivity contribution in [2.75, 3.05) is 13.1 Å². The molecule has 8 heteroatoms. The summed E-state index contributed by atoms with van der Waals surface area (Å²) in [5.74, 6) is -0.363. The lowest BCUT2D eigenvalue weighted by Gasteiger charge is -2.30. The Morgan fingerprint density at radius 1 is 1.50 bits per heavy atom. The molecule has 2 unspecified atom stereocenters. The number of rotatable bonds is 3. The first-order chi connectivity index (χ1) is 9.31. The van der Waals surface area contributed by atoms with Gasteiger partial charge in [0.2, 0.25) is 10.0 Å². The molecule has 112 valence electrons. The number of piperidine rings is 1. The number of sulfonamides is 1. The number of halogens is 3. The van der Waals surface area contributed by atoms with Crippen molar-refractivity contribution in [3.05, 3.63) is 27.4 Å². The van der Waals surface area contributed by atoms with Gasteiger partial charge in [-0.2, -0.15) is 0 Å². The Morgan fingerprint density at radius 2 is 2.20 bits per heavy atom. The van der Waals surface area contributed by atoms with Crippen LogP contribution in [-0.4, -0.2) is 27.5 Å². The molecule has 2 atom stereocenters. The molecule has 0 saturated carbocycles. The van der Waals surface area contributed by atoms with Crippen LogP contribution in [0.1, 0.15) is 13.3 Å². The van der Waals surface area contributed by atoms with Crippen LogP contribution in [0.2, 0.25) is 5.02 Å². The molecule has 0 aromatic heterocycles. The van der Waals surface area contributed by atoms with Gasteiger partial charge >= 0.3 is 0 Å². The molecule has 2 N–H and O–H groups in total. The Labute approximate surface area is 131 Å². The summed E-state index contributed by atoms with van der Waals surface area (Å²) in [5, 5.41) is 3.01. The molecule has 4 nitrogen and oxygen atoms in total. The van der Waals surface area contributed by atoms with Crippen molar-refractivity contribution in [2.24, 2.45) is 5.92 Å². The van der Waals surface area contributed by atoms with Crippen LogP contribution in [0.5, 0.6) is 0 Å². The summed E-state index contributed by atoms with van der Waals surface area (Å²) in [4.78, 5) is -0.127. The van der Waals surface area contributed by atoms with Crippen LogP contribution in [0.3, 0.4) is 0 Å². The number of hydrogen-bond acceptors (Lipinski definition) is 3. The third kappa shape index (κ3) is 3.51. The highest BCUT2D eigenvalue weighted by Crippen LogP contribution is 2.31. The maximum atomic E-state index is 13.2. The average Bonchev–Trinajstić information content (AvgIpc) is 2.30. The van der Waals surface area contributed by atoms with Gasteiger partial charge in [-0.25, -0.2) is 17.5 Å². The van der Waals surface area contributed by atoms with Crippen LogP contribution < -0.4 is 10.0 Å². The molecule has 1 heterocycles. The molecular weight excluding hydrogens is 371 g/mol. The molecule has 1 aromatic carbocycles. The van der Waals surface area contributed by atoms with E-state index in [-0.39, 0.29) is 26.4 Å². The van der Waals surface area contributed by atoms with Crippen LogP contribution in [0, 0.1) is 11.7 Å². The topological polar surface area (TPSA) is 58.2 Å². The first-order valence-electron chi connectivity index (χ1n) is 6.19. The van der Waals surface area contributed by atoms with Gasteiger partial charge in [-0.3, -0.25) is 0 Å². The molecule has 1 aliphatic rings. The summed E-state index contributed by atoms with van der Waals surface area (Å²) in [6, 6.07) is 1.87. The lowest BCUT2D eigenvalue weighted by molar-refractivity contribution is 0.327. The molecule has 0 amide bonds. The number of hydrogen-bond donors (Lipinski definition) is 2. The van der Waals surface area contributed by atoms with Gasteiger partial charge < -0.3 is 5.32 Å². The molecule has 0 bridgehead atoms. The third-order valence-electron chi connectivity index (χ3n) is 3.37. The summed E-state index contributed by atoms with van der Waals surface area (Å²) in [6.45, 7) is 3.44. The fourth-order valence-corrected chi connectivity index (χ4v) is 5.35. The standard InChI is InChI=1S/C12H15BrClFN2O2S/c1-7-2-3-16-6-11(7)17-20(18,19)12-9(13)4-8(15)5-10(12)14/h4-5,7,11,16-17H,2-3,6H2,1H3. The van der Waals surface area contributed by atoms with Crippen molar-refractivity contribution >= 4 is 37.6 Å². The highest BCUT2D eigenvalue weighted by molar-refractivity contribution is 9.10. The molecule has 20 heavy (non-hydrogen) atoms. The molecule has 1 aromatic rings. The lowest BCUT2D eigenvalue weighted by atomic mass is 9.96. The zero-order valence-electron chi connectivity index (χ0n) is 10.8. The van der Waals surface area contributed by atoms with Crippen LogP contribution in [-0.2, 0) is 10.0 Å². The van der Waals surface area contributed by atoms with Gasteiger partial charge in [0.25, 0.3) is 0 Å². The van der Waals surface area contributed by atoms with E-state index in [2.05, 4.69) is 26.0 Å². The van der Waals surface area contributed by atoms with E-state index in [4.69, 9.17) is 11.6 Å². The second kappa shape index (κ2) is 6.27. The molecule has 1 saturated heterocycles. The van der Waals surface area contributed by atoms with Crippen molar-refractivity contribution < 1.29 is 12.8 Å². The van der Waals surface area contributed by atoms with E-state index in [1.54, 1.807) is 0 Å². The maximum absolute atomic E-state index is 13.2. The van der Waals surface area contributed by atoms with Crippen molar-refractivity contribution in [3.8, 4) is 0 Å². The Balaban J connectivity index is 2.31. The predicted molar refractivity (Wildman–Crippen MR) is 79.9 cm³/mol. The normalized spacial score (nSPS) is 23.8. The predicted octanol–water partition coefficient (Wildman–Crippen LogP) is 2.52. The summed E-state index contributed by atoms with van der Waals surface area (Å²) >= 11 is 8.92. The fourth-order valence-electron chi connectivity index (χ4n) is 2.19. The number of nitrogens with one attached hydrogen (secondary N) is 2. The second-order valence-corrected chi connectivity index (χ2v) is 7.81. The Morgan fingerprint density at radius 3 is 2.80 bits per heavy atom. The summed E-state index contributed by atoms with van der Waals surface area (Å²) < 4.78 is 40.8.